The molecule has 3 heteroatoms. The van der Waals surface area contributed by atoms with E-state index in [-0.39, 0.29) is 0 Å². The third-order valence-electron chi connectivity index (χ3n) is 4.03. The molecular formula is C12H23N3. The maximum Gasteiger partial charge on any atom is 0.0960 e. The molecule has 2 rings (SSSR count). The molecule has 15 heavy (non-hydrogen) atoms. The Morgan fingerprint density at radius 2 is 2.07 bits per heavy atom. The number of hydrogen-bond acceptors (Lipinski definition) is 2. The van der Waals surface area contributed by atoms with Gasteiger partial charge in [0.05, 0.1) is 5.84 Å². The molecule has 0 bridgehead atoms. The fourth-order valence-electron chi connectivity index (χ4n) is 2.80. The summed E-state index contributed by atoms with van der Waals surface area (Å²) >= 11 is 0. The molecule has 0 aromatic rings. The van der Waals surface area contributed by atoms with Crippen molar-refractivity contribution < 1.29 is 0 Å². The first kappa shape index (κ1) is 10.9. The largest absolute Gasteiger partial charge is 0.357 e. The van der Waals surface area contributed by atoms with Crippen LogP contribution in [-0.4, -0.2) is 47.9 Å². The lowest BCUT2D eigenvalue weighted by molar-refractivity contribution is 0.121. The molecule has 2 heterocycles. The Bertz CT molecular complexity index is 239. The Morgan fingerprint density at radius 3 is 2.73 bits per heavy atom. The third-order valence-corrected chi connectivity index (χ3v) is 4.03. The van der Waals surface area contributed by atoms with Gasteiger partial charge in [-0.15, -0.1) is 0 Å². The quantitative estimate of drug-likeness (QED) is 0.715. The third kappa shape index (κ3) is 2.33. The van der Waals surface area contributed by atoms with Crippen LogP contribution in [0.25, 0.3) is 0 Å². The average molecular weight is 209 g/mol. The fraction of sp³-hybridized carbons (Fsp3) is 0.917. The second-order valence-electron chi connectivity index (χ2n) is 5.11. The van der Waals surface area contributed by atoms with E-state index in [1.54, 1.807) is 0 Å². The van der Waals surface area contributed by atoms with Gasteiger partial charge in [0.1, 0.15) is 0 Å². The molecule has 1 N–H and O–H groups in total. The van der Waals surface area contributed by atoms with Crippen molar-refractivity contribution in [3.8, 4) is 0 Å². The summed E-state index contributed by atoms with van der Waals surface area (Å²) in [4.78, 5) is 4.80. The van der Waals surface area contributed by atoms with E-state index < -0.39 is 0 Å². The van der Waals surface area contributed by atoms with Gasteiger partial charge in [0.15, 0.2) is 0 Å². The first-order valence-electron chi connectivity index (χ1n) is 6.23. The Labute approximate surface area is 92.9 Å². The Hall–Kier alpha value is -0.570. The summed E-state index contributed by atoms with van der Waals surface area (Å²) < 4.78 is 0. The maximum atomic E-state index is 8.01. The SMILES string of the molecule is CC1CC(N2CCCCC2=N)CCN1C. The van der Waals surface area contributed by atoms with Crippen LogP contribution in [0.5, 0.6) is 0 Å². The number of likely N-dealkylation sites (tertiary alicyclic amines) is 2. The molecule has 0 saturated carbocycles. The lowest BCUT2D eigenvalue weighted by Gasteiger charge is -2.43. The zero-order valence-corrected chi connectivity index (χ0v) is 10.00. The summed E-state index contributed by atoms with van der Waals surface area (Å²) in [7, 11) is 2.21. The molecule has 0 spiro atoms. The van der Waals surface area contributed by atoms with Gasteiger partial charge < -0.3 is 9.80 Å². The number of amidine groups is 1. The van der Waals surface area contributed by atoms with Gasteiger partial charge in [-0.05, 0) is 39.7 Å². The van der Waals surface area contributed by atoms with Crippen LogP contribution in [0.1, 0.15) is 39.0 Å². The van der Waals surface area contributed by atoms with Crippen molar-refractivity contribution in [2.24, 2.45) is 0 Å². The van der Waals surface area contributed by atoms with Crippen LogP contribution in [0.4, 0.5) is 0 Å². The number of hydrogen-bond donors (Lipinski definition) is 1. The normalized spacial score (nSPS) is 34.5. The molecule has 0 radical (unpaired) electrons. The zero-order valence-electron chi connectivity index (χ0n) is 10.00. The van der Waals surface area contributed by atoms with E-state index >= 15 is 0 Å². The molecular weight excluding hydrogens is 186 g/mol. The highest BCUT2D eigenvalue weighted by Crippen LogP contribution is 2.24. The van der Waals surface area contributed by atoms with Gasteiger partial charge in [-0.25, -0.2) is 0 Å². The molecule has 2 saturated heterocycles. The standard InChI is InChI=1S/C12H23N3/c1-10-9-11(6-8-14(10)2)15-7-4-3-5-12(15)13/h10-11,13H,3-9H2,1-2H3. The molecule has 0 aromatic carbocycles. The lowest BCUT2D eigenvalue weighted by atomic mass is 9.95. The predicted octanol–water partition coefficient (Wildman–Crippen LogP) is 1.93. The van der Waals surface area contributed by atoms with Crippen LogP contribution in [0.3, 0.4) is 0 Å². The van der Waals surface area contributed by atoms with Crippen molar-refractivity contribution in [1.82, 2.24) is 9.80 Å². The Kier molecular flexibility index (Phi) is 3.29. The fourth-order valence-corrected chi connectivity index (χ4v) is 2.80. The second-order valence-corrected chi connectivity index (χ2v) is 5.11. The number of rotatable bonds is 1. The number of piperidine rings is 2. The molecule has 86 valence electrons. The number of nitrogens with zero attached hydrogens (tertiary/aromatic N) is 2. The van der Waals surface area contributed by atoms with Crippen molar-refractivity contribution >= 4 is 5.84 Å². The molecule has 2 aliphatic heterocycles. The molecule has 0 amide bonds. The molecule has 3 nitrogen and oxygen atoms in total. The van der Waals surface area contributed by atoms with Crippen LogP contribution in [0.2, 0.25) is 0 Å². The maximum absolute atomic E-state index is 8.01. The summed E-state index contributed by atoms with van der Waals surface area (Å²) in [5, 5.41) is 8.01. The highest BCUT2D eigenvalue weighted by Gasteiger charge is 2.29. The van der Waals surface area contributed by atoms with Crippen molar-refractivity contribution in [1.29, 1.82) is 5.41 Å². The first-order valence-corrected chi connectivity index (χ1v) is 6.23. The molecule has 2 aliphatic rings. The summed E-state index contributed by atoms with van der Waals surface area (Å²) in [5.74, 6) is 0.892. The molecule has 2 atom stereocenters. The highest BCUT2D eigenvalue weighted by atomic mass is 15.2. The summed E-state index contributed by atoms with van der Waals surface area (Å²) in [6, 6.07) is 1.32. The van der Waals surface area contributed by atoms with E-state index in [4.69, 9.17) is 5.41 Å². The van der Waals surface area contributed by atoms with E-state index in [9.17, 15) is 0 Å². The first-order chi connectivity index (χ1) is 7.18. The second kappa shape index (κ2) is 4.52. The van der Waals surface area contributed by atoms with E-state index in [1.807, 2.05) is 0 Å². The lowest BCUT2D eigenvalue weighted by Crippen LogP contribution is -2.50. The Balaban J connectivity index is 1.95. The van der Waals surface area contributed by atoms with Gasteiger partial charge in [-0.3, -0.25) is 5.41 Å². The highest BCUT2D eigenvalue weighted by molar-refractivity contribution is 5.80. The monoisotopic (exact) mass is 209 g/mol. The van der Waals surface area contributed by atoms with E-state index in [0.717, 1.165) is 18.8 Å². The van der Waals surface area contributed by atoms with Crippen LogP contribution < -0.4 is 0 Å². The smallest absolute Gasteiger partial charge is 0.0960 e. The van der Waals surface area contributed by atoms with E-state index in [0.29, 0.717) is 12.1 Å². The van der Waals surface area contributed by atoms with Gasteiger partial charge in [0, 0.05) is 31.6 Å². The van der Waals surface area contributed by atoms with Gasteiger partial charge in [0.25, 0.3) is 0 Å². The molecule has 2 fully saturated rings. The minimum atomic E-state index is 0.643. The summed E-state index contributed by atoms with van der Waals surface area (Å²) in [6.07, 6.45) is 5.98. The molecule has 0 aliphatic carbocycles. The van der Waals surface area contributed by atoms with Gasteiger partial charge in [-0.1, -0.05) is 0 Å². The summed E-state index contributed by atoms with van der Waals surface area (Å²) in [5.41, 5.74) is 0. The predicted molar refractivity (Wildman–Crippen MR) is 63.4 cm³/mol. The van der Waals surface area contributed by atoms with Crippen molar-refractivity contribution in [3.05, 3.63) is 0 Å². The Morgan fingerprint density at radius 1 is 1.27 bits per heavy atom. The topological polar surface area (TPSA) is 30.3 Å². The molecule has 0 aromatic heterocycles. The van der Waals surface area contributed by atoms with Gasteiger partial charge in [-0.2, -0.15) is 0 Å². The van der Waals surface area contributed by atoms with Gasteiger partial charge in [0.2, 0.25) is 0 Å². The minimum Gasteiger partial charge on any atom is -0.357 e. The van der Waals surface area contributed by atoms with Crippen molar-refractivity contribution in [2.75, 3.05) is 20.1 Å². The average Bonchev–Trinajstić information content (AvgIpc) is 2.23. The van der Waals surface area contributed by atoms with Crippen LogP contribution in [-0.2, 0) is 0 Å². The van der Waals surface area contributed by atoms with E-state index in [1.165, 1.54) is 32.2 Å². The van der Waals surface area contributed by atoms with Crippen molar-refractivity contribution in [2.45, 2.75) is 51.1 Å². The van der Waals surface area contributed by atoms with Crippen LogP contribution in [0.15, 0.2) is 0 Å². The summed E-state index contributed by atoms with van der Waals surface area (Å²) in [6.45, 7) is 4.62. The zero-order chi connectivity index (χ0) is 10.8. The number of nitrogens with one attached hydrogen (secondary N) is 1. The van der Waals surface area contributed by atoms with Crippen LogP contribution >= 0.6 is 0 Å². The molecule has 2 unspecified atom stereocenters. The van der Waals surface area contributed by atoms with E-state index in [2.05, 4.69) is 23.8 Å². The van der Waals surface area contributed by atoms with Crippen molar-refractivity contribution in [3.63, 3.8) is 0 Å². The van der Waals surface area contributed by atoms with Crippen LogP contribution in [0, 0.1) is 5.41 Å². The van der Waals surface area contributed by atoms with Gasteiger partial charge >= 0.3 is 0 Å². The minimum absolute atomic E-state index is 0.643.